The highest BCUT2D eigenvalue weighted by atomic mass is 19.3. The van der Waals surface area contributed by atoms with Crippen LogP contribution in [0.1, 0.15) is 38.1 Å². The van der Waals surface area contributed by atoms with Crippen molar-refractivity contribution in [1.82, 2.24) is 9.97 Å². The molecule has 0 unspecified atom stereocenters. The fourth-order valence-electron chi connectivity index (χ4n) is 3.30. The van der Waals surface area contributed by atoms with E-state index in [1.54, 1.807) is 0 Å². The molecule has 0 atom stereocenters. The van der Waals surface area contributed by atoms with Crippen LogP contribution in [-0.2, 0) is 5.41 Å². The number of aryl methyl sites for hydroxylation is 1. The van der Waals surface area contributed by atoms with Crippen molar-refractivity contribution in [3.63, 3.8) is 0 Å². The van der Waals surface area contributed by atoms with E-state index in [1.807, 2.05) is 18.9 Å². The van der Waals surface area contributed by atoms with Crippen molar-refractivity contribution in [2.45, 2.75) is 51.0 Å². The summed E-state index contributed by atoms with van der Waals surface area (Å²) in [6.45, 7) is 6.78. The van der Waals surface area contributed by atoms with Gasteiger partial charge in [-0.05, 0) is 6.92 Å². The maximum Gasteiger partial charge on any atom is 0.252 e. The van der Waals surface area contributed by atoms with Crippen LogP contribution in [0, 0.1) is 6.92 Å². The highest BCUT2D eigenvalue weighted by Gasteiger charge is 2.52. The van der Waals surface area contributed by atoms with Crippen molar-refractivity contribution >= 4 is 11.6 Å². The lowest BCUT2D eigenvalue weighted by Crippen LogP contribution is -2.51. The smallest absolute Gasteiger partial charge is 0.252 e. The first-order chi connectivity index (χ1) is 9.23. The number of hydrogen-bond acceptors (Lipinski definition) is 4. The summed E-state index contributed by atoms with van der Waals surface area (Å²) < 4.78 is 26.3. The van der Waals surface area contributed by atoms with Crippen LogP contribution in [0.5, 0.6) is 0 Å². The molecule has 3 rings (SSSR count). The molecule has 0 spiro atoms. The molecule has 20 heavy (non-hydrogen) atoms. The quantitative estimate of drug-likeness (QED) is 0.905. The molecule has 1 aromatic heterocycles. The second-order valence-corrected chi connectivity index (χ2v) is 6.50. The Morgan fingerprint density at radius 2 is 1.90 bits per heavy atom. The molecule has 0 radical (unpaired) electrons. The third kappa shape index (κ3) is 1.93. The number of alkyl halides is 2. The number of hydrogen-bond donors (Lipinski definition) is 1. The molecule has 1 saturated carbocycles. The first-order valence-corrected chi connectivity index (χ1v) is 6.95. The minimum absolute atomic E-state index is 0.0690. The number of nitrogens with one attached hydrogen (secondary N) is 1. The Morgan fingerprint density at radius 3 is 2.45 bits per heavy atom. The summed E-state index contributed by atoms with van der Waals surface area (Å²) >= 11 is 0. The van der Waals surface area contributed by atoms with Gasteiger partial charge in [0.05, 0.1) is 0 Å². The largest absolute Gasteiger partial charge is 0.373 e. The topological polar surface area (TPSA) is 41.1 Å². The second-order valence-electron chi connectivity index (χ2n) is 6.50. The van der Waals surface area contributed by atoms with Gasteiger partial charge < -0.3 is 10.2 Å². The van der Waals surface area contributed by atoms with Gasteiger partial charge >= 0.3 is 0 Å². The van der Waals surface area contributed by atoms with Crippen molar-refractivity contribution in [2.24, 2.45) is 0 Å². The molecule has 0 amide bonds. The molecule has 0 aromatic carbocycles. The standard InChI is InChI=1S/C14H20F2N4/c1-8-18-11(17-4)10-12(19-8)20(7-13(10,2)3)9-5-14(15,16)6-9/h9H,5-7H2,1-4H3,(H,17,18,19). The molecule has 1 aromatic rings. The SMILES string of the molecule is CNc1nc(C)nc2c1C(C)(C)CN2C1CC(F)(F)C1. The van der Waals surface area contributed by atoms with Gasteiger partial charge in [-0.3, -0.25) is 0 Å². The fraction of sp³-hybridized carbons (Fsp3) is 0.714. The van der Waals surface area contributed by atoms with Gasteiger partial charge in [0.1, 0.15) is 17.5 Å². The zero-order chi connectivity index (χ0) is 14.7. The summed E-state index contributed by atoms with van der Waals surface area (Å²) in [4.78, 5) is 11.0. The van der Waals surface area contributed by atoms with Gasteiger partial charge in [-0.15, -0.1) is 0 Å². The summed E-state index contributed by atoms with van der Waals surface area (Å²) in [6, 6.07) is -0.107. The number of rotatable bonds is 2. The van der Waals surface area contributed by atoms with Crippen molar-refractivity contribution in [2.75, 3.05) is 23.8 Å². The average molecular weight is 282 g/mol. The van der Waals surface area contributed by atoms with Crippen LogP contribution in [0.25, 0.3) is 0 Å². The number of nitrogens with zero attached hydrogens (tertiary/aromatic N) is 3. The lowest BCUT2D eigenvalue weighted by molar-refractivity contribution is -0.0859. The highest BCUT2D eigenvalue weighted by molar-refractivity contribution is 5.67. The maximum atomic E-state index is 13.2. The van der Waals surface area contributed by atoms with Crippen molar-refractivity contribution < 1.29 is 8.78 Å². The maximum absolute atomic E-state index is 13.2. The van der Waals surface area contributed by atoms with Crippen LogP contribution in [0.2, 0.25) is 0 Å². The van der Waals surface area contributed by atoms with Crippen molar-refractivity contribution in [1.29, 1.82) is 0 Å². The van der Waals surface area contributed by atoms with E-state index in [9.17, 15) is 8.78 Å². The van der Waals surface area contributed by atoms with Gasteiger partial charge in [-0.2, -0.15) is 0 Å². The van der Waals surface area contributed by atoms with Crippen molar-refractivity contribution in [3.8, 4) is 0 Å². The lowest BCUT2D eigenvalue weighted by Gasteiger charge is -2.42. The van der Waals surface area contributed by atoms with E-state index in [0.29, 0.717) is 5.82 Å². The van der Waals surface area contributed by atoms with E-state index in [-0.39, 0.29) is 24.3 Å². The molecule has 2 heterocycles. The van der Waals surface area contributed by atoms with Gasteiger partial charge in [-0.1, -0.05) is 13.8 Å². The molecular weight excluding hydrogens is 262 g/mol. The third-order valence-corrected chi connectivity index (χ3v) is 4.26. The summed E-state index contributed by atoms with van der Waals surface area (Å²) in [5.74, 6) is -0.203. The minimum atomic E-state index is -2.51. The molecule has 110 valence electrons. The molecule has 1 aliphatic heterocycles. The Bertz CT molecular complexity index is 548. The van der Waals surface area contributed by atoms with Gasteiger partial charge in [0.25, 0.3) is 5.92 Å². The molecule has 0 saturated heterocycles. The predicted molar refractivity (Wildman–Crippen MR) is 74.7 cm³/mol. The van der Waals surface area contributed by atoms with Crippen LogP contribution in [0.15, 0.2) is 0 Å². The normalized spacial score (nSPS) is 23.4. The third-order valence-electron chi connectivity index (χ3n) is 4.26. The fourth-order valence-corrected chi connectivity index (χ4v) is 3.30. The molecule has 2 aliphatic rings. The first kappa shape index (κ1) is 13.5. The van der Waals surface area contributed by atoms with Crippen LogP contribution in [0.4, 0.5) is 20.4 Å². The zero-order valence-electron chi connectivity index (χ0n) is 12.3. The van der Waals surface area contributed by atoms with E-state index < -0.39 is 5.92 Å². The molecule has 1 N–H and O–H groups in total. The van der Waals surface area contributed by atoms with Crippen LogP contribution in [0.3, 0.4) is 0 Å². The Labute approximate surface area is 117 Å². The molecule has 6 heteroatoms. The highest BCUT2D eigenvalue weighted by Crippen LogP contribution is 2.49. The molecule has 1 fully saturated rings. The summed E-state index contributed by atoms with van der Waals surface area (Å²) in [5.41, 5.74) is 0.910. The Morgan fingerprint density at radius 1 is 1.25 bits per heavy atom. The number of anilines is 2. The van der Waals surface area contributed by atoms with Crippen LogP contribution >= 0.6 is 0 Å². The van der Waals surface area contributed by atoms with E-state index in [2.05, 4.69) is 29.1 Å². The van der Waals surface area contributed by atoms with Gasteiger partial charge in [-0.25, -0.2) is 18.7 Å². The minimum Gasteiger partial charge on any atom is -0.373 e. The zero-order valence-corrected chi connectivity index (χ0v) is 12.3. The monoisotopic (exact) mass is 282 g/mol. The molecule has 4 nitrogen and oxygen atoms in total. The average Bonchev–Trinajstić information content (AvgIpc) is 2.57. The van der Waals surface area contributed by atoms with Crippen LogP contribution in [-0.4, -0.2) is 35.5 Å². The van der Waals surface area contributed by atoms with E-state index in [4.69, 9.17) is 0 Å². The number of aromatic nitrogens is 2. The van der Waals surface area contributed by atoms with E-state index >= 15 is 0 Å². The van der Waals surface area contributed by atoms with Gasteiger partial charge in [0.2, 0.25) is 0 Å². The molecule has 0 bridgehead atoms. The van der Waals surface area contributed by atoms with Gasteiger partial charge in [0.15, 0.2) is 0 Å². The number of halogens is 2. The Balaban J connectivity index is 2.02. The Hall–Kier alpha value is -1.46. The lowest BCUT2D eigenvalue weighted by atomic mass is 9.85. The van der Waals surface area contributed by atoms with E-state index in [1.165, 1.54) is 0 Å². The van der Waals surface area contributed by atoms with Crippen molar-refractivity contribution in [3.05, 3.63) is 11.4 Å². The van der Waals surface area contributed by atoms with Crippen LogP contribution < -0.4 is 10.2 Å². The predicted octanol–water partition coefficient (Wildman–Crippen LogP) is 2.72. The second kappa shape index (κ2) is 4.02. The summed E-state index contributed by atoms with van der Waals surface area (Å²) in [7, 11) is 1.83. The first-order valence-electron chi connectivity index (χ1n) is 6.95. The molecular formula is C14H20F2N4. The Kier molecular flexibility index (Phi) is 2.72. The molecule has 1 aliphatic carbocycles. The van der Waals surface area contributed by atoms with E-state index in [0.717, 1.165) is 23.7 Å². The summed E-state index contributed by atoms with van der Waals surface area (Å²) in [6.07, 6.45) is -0.138. The summed E-state index contributed by atoms with van der Waals surface area (Å²) in [5, 5.41) is 3.11. The number of fused-ring (bicyclic) bond motifs is 1. The van der Waals surface area contributed by atoms with Gasteiger partial charge in [0, 0.05) is 43.5 Å².